The van der Waals surface area contributed by atoms with Gasteiger partial charge in [0.05, 0.1) is 27.5 Å². The highest BCUT2D eigenvalue weighted by atomic mass is 35.5. The second-order valence-corrected chi connectivity index (χ2v) is 7.31. The molecule has 4 heterocycles. The molecule has 1 unspecified atom stereocenters. The van der Waals surface area contributed by atoms with Gasteiger partial charge in [-0.25, -0.2) is 15.0 Å². The summed E-state index contributed by atoms with van der Waals surface area (Å²) in [6.07, 6.45) is 2.71. The normalized spacial score (nSPS) is 16.7. The number of thiophene rings is 1. The zero-order chi connectivity index (χ0) is 16.0. The lowest BCUT2D eigenvalue weighted by atomic mass is 10.1. The molecule has 1 saturated heterocycles. The number of nitrogens with zero attached hydrogens (tertiary/aromatic N) is 3. The second kappa shape index (κ2) is 8.18. The van der Waals surface area contributed by atoms with Crippen LogP contribution in [0.15, 0.2) is 6.33 Å². The Labute approximate surface area is 167 Å². The molecule has 9 heteroatoms. The number of anilines is 1. The van der Waals surface area contributed by atoms with Gasteiger partial charge in [0.15, 0.2) is 0 Å². The Morgan fingerprint density at radius 3 is 2.84 bits per heavy atom. The van der Waals surface area contributed by atoms with Crippen molar-refractivity contribution in [2.45, 2.75) is 20.3 Å². The SMILES string of the molecule is Cc1nc2sc3c(NCC4CCOC4)ncnc3c2c(C)c1Cl.Cl.Cl. The van der Waals surface area contributed by atoms with Gasteiger partial charge in [-0.1, -0.05) is 11.6 Å². The number of ether oxygens (including phenoxy) is 1. The van der Waals surface area contributed by atoms with Gasteiger partial charge in [-0.05, 0) is 25.8 Å². The van der Waals surface area contributed by atoms with E-state index in [1.807, 2.05) is 13.8 Å². The number of aromatic nitrogens is 3. The Morgan fingerprint density at radius 1 is 1.32 bits per heavy atom. The quantitative estimate of drug-likeness (QED) is 0.658. The van der Waals surface area contributed by atoms with Crippen molar-refractivity contribution in [3.63, 3.8) is 0 Å². The van der Waals surface area contributed by atoms with Gasteiger partial charge < -0.3 is 10.1 Å². The molecule has 5 nitrogen and oxygen atoms in total. The molecule has 1 atom stereocenters. The van der Waals surface area contributed by atoms with Gasteiger partial charge in [-0.15, -0.1) is 36.2 Å². The fourth-order valence-corrected chi connectivity index (χ4v) is 4.35. The van der Waals surface area contributed by atoms with Crippen molar-refractivity contribution in [3.8, 4) is 0 Å². The van der Waals surface area contributed by atoms with E-state index in [0.717, 1.165) is 63.7 Å². The first-order chi connectivity index (χ1) is 11.1. The van der Waals surface area contributed by atoms with Gasteiger partial charge in [-0.2, -0.15) is 0 Å². The van der Waals surface area contributed by atoms with Crippen molar-refractivity contribution in [3.05, 3.63) is 22.6 Å². The van der Waals surface area contributed by atoms with E-state index >= 15 is 0 Å². The summed E-state index contributed by atoms with van der Waals surface area (Å²) in [5.74, 6) is 1.42. The van der Waals surface area contributed by atoms with Crippen molar-refractivity contribution in [1.29, 1.82) is 0 Å². The number of hydrogen-bond donors (Lipinski definition) is 1. The standard InChI is InChI=1S/C16H17ClN4OS.2ClH/c1-8-11-13-14(23-16(11)21-9(2)12(8)17)15(20-7-19-13)18-5-10-3-4-22-6-10;;/h7,10H,3-6H2,1-2H3,(H,18,19,20);2*1H. The van der Waals surface area contributed by atoms with E-state index in [0.29, 0.717) is 10.9 Å². The highest BCUT2D eigenvalue weighted by Gasteiger charge is 2.19. The molecule has 0 saturated carbocycles. The highest BCUT2D eigenvalue weighted by molar-refractivity contribution is 7.26. The summed E-state index contributed by atoms with van der Waals surface area (Å²) in [7, 11) is 0. The highest BCUT2D eigenvalue weighted by Crippen LogP contribution is 2.39. The van der Waals surface area contributed by atoms with Crippen LogP contribution in [0, 0.1) is 19.8 Å². The maximum absolute atomic E-state index is 6.37. The second-order valence-electron chi connectivity index (χ2n) is 5.93. The Balaban J connectivity index is 0.00000113. The van der Waals surface area contributed by atoms with E-state index in [9.17, 15) is 0 Å². The number of rotatable bonds is 3. The lowest BCUT2D eigenvalue weighted by Crippen LogP contribution is -2.14. The van der Waals surface area contributed by atoms with Crippen molar-refractivity contribution in [1.82, 2.24) is 15.0 Å². The molecule has 0 aromatic carbocycles. The van der Waals surface area contributed by atoms with E-state index in [1.54, 1.807) is 17.7 Å². The van der Waals surface area contributed by atoms with Crippen molar-refractivity contribution >= 4 is 74.0 Å². The van der Waals surface area contributed by atoms with Crippen LogP contribution in [0.25, 0.3) is 20.4 Å². The molecular weight excluding hydrogens is 403 g/mol. The summed E-state index contributed by atoms with van der Waals surface area (Å²) >= 11 is 7.99. The van der Waals surface area contributed by atoms with Gasteiger partial charge >= 0.3 is 0 Å². The minimum atomic E-state index is 0. The molecule has 0 aliphatic carbocycles. The number of pyridine rings is 1. The molecule has 0 radical (unpaired) electrons. The third-order valence-electron chi connectivity index (χ3n) is 4.33. The number of nitrogens with one attached hydrogen (secondary N) is 1. The first-order valence-electron chi connectivity index (χ1n) is 7.66. The molecule has 136 valence electrons. The number of fused-ring (bicyclic) bond motifs is 3. The van der Waals surface area contributed by atoms with Gasteiger partial charge in [0.2, 0.25) is 0 Å². The topological polar surface area (TPSA) is 59.9 Å². The van der Waals surface area contributed by atoms with E-state index in [1.165, 1.54) is 0 Å². The summed E-state index contributed by atoms with van der Waals surface area (Å²) < 4.78 is 6.47. The molecule has 3 aromatic heterocycles. The average molecular weight is 422 g/mol. The van der Waals surface area contributed by atoms with Crippen molar-refractivity contribution in [2.24, 2.45) is 5.92 Å². The maximum Gasteiger partial charge on any atom is 0.147 e. The molecule has 25 heavy (non-hydrogen) atoms. The molecule has 0 spiro atoms. The Morgan fingerprint density at radius 2 is 2.12 bits per heavy atom. The molecule has 1 aliphatic heterocycles. The van der Waals surface area contributed by atoms with E-state index in [-0.39, 0.29) is 24.8 Å². The van der Waals surface area contributed by atoms with Crippen LogP contribution < -0.4 is 5.32 Å². The maximum atomic E-state index is 6.37. The molecule has 0 amide bonds. The minimum absolute atomic E-state index is 0. The first-order valence-corrected chi connectivity index (χ1v) is 8.86. The minimum Gasteiger partial charge on any atom is -0.381 e. The van der Waals surface area contributed by atoms with Crippen LogP contribution in [-0.2, 0) is 4.74 Å². The Kier molecular flexibility index (Phi) is 6.68. The Hall–Kier alpha value is -0.920. The van der Waals surface area contributed by atoms with E-state index in [2.05, 4.69) is 20.3 Å². The van der Waals surface area contributed by atoms with Crippen LogP contribution in [0.3, 0.4) is 0 Å². The zero-order valence-corrected chi connectivity index (χ0v) is 17.0. The first kappa shape index (κ1) is 20.4. The summed E-state index contributed by atoms with van der Waals surface area (Å²) in [6, 6.07) is 0. The molecule has 1 fully saturated rings. The molecule has 3 aromatic rings. The van der Waals surface area contributed by atoms with Crippen LogP contribution in [0.5, 0.6) is 0 Å². The monoisotopic (exact) mass is 420 g/mol. The lowest BCUT2D eigenvalue weighted by molar-refractivity contribution is 0.187. The largest absolute Gasteiger partial charge is 0.381 e. The summed E-state index contributed by atoms with van der Waals surface area (Å²) in [6.45, 7) is 6.51. The van der Waals surface area contributed by atoms with E-state index < -0.39 is 0 Å². The van der Waals surface area contributed by atoms with Crippen molar-refractivity contribution < 1.29 is 4.74 Å². The predicted octanol–water partition coefficient (Wildman–Crippen LogP) is 4.80. The molecule has 4 rings (SSSR count). The van der Waals surface area contributed by atoms with E-state index in [4.69, 9.17) is 16.3 Å². The molecule has 1 N–H and O–H groups in total. The average Bonchev–Trinajstić information content (AvgIpc) is 3.17. The van der Waals surface area contributed by atoms with Gasteiger partial charge in [0.1, 0.15) is 17.0 Å². The van der Waals surface area contributed by atoms with Crippen LogP contribution >= 0.6 is 47.8 Å². The van der Waals surface area contributed by atoms with Gasteiger partial charge in [0.25, 0.3) is 0 Å². The Bertz CT molecular complexity index is 896. The summed E-state index contributed by atoms with van der Waals surface area (Å²) in [5.41, 5.74) is 2.82. The number of aryl methyl sites for hydroxylation is 2. The molecular formula is C16H19Cl3N4OS. The van der Waals surface area contributed by atoms with Gasteiger partial charge in [0, 0.05) is 24.5 Å². The fourth-order valence-electron chi connectivity index (χ4n) is 3.01. The smallest absolute Gasteiger partial charge is 0.147 e. The van der Waals surface area contributed by atoms with Crippen LogP contribution in [-0.4, -0.2) is 34.7 Å². The van der Waals surface area contributed by atoms with Gasteiger partial charge in [-0.3, -0.25) is 0 Å². The van der Waals surface area contributed by atoms with Crippen LogP contribution in [0.1, 0.15) is 17.7 Å². The lowest BCUT2D eigenvalue weighted by Gasteiger charge is -2.10. The predicted molar refractivity (Wildman–Crippen MR) is 109 cm³/mol. The van der Waals surface area contributed by atoms with Crippen LogP contribution in [0.2, 0.25) is 5.02 Å². The molecule has 1 aliphatic rings. The number of hydrogen-bond acceptors (Lipinski definition) is 6. The third-order valence-corrected chi connectivity index (χ3v) is 5.96. The zero-order valence-electron chi connectivity index (χ0n) is 13.8. The van der Waals surface area contributed by atoms with Crippen LogP contribution in [0.4, 0.5) is 5.82 Å². The summed E-state index contributed by atoms with van der Waals surface area (Å²) in [4.78, 5) is 14.5. The van der Waals surface area contributed by atoms with Crippen molar-refractivity contribution in [2.75, 3.05) is 25.1 Å². The fraction of sp³-hybridized carbons (Fsp3) is 0.438. The number of halogens is 3. The summed E-state index contributed by atoms with van der Waals surface area (Å²) in [5, 5.41) is 5.21. The molecule has 0 bridgehead atoms. The third kappa shape index (κ3) is 3.64.